The summed E-state index contributed by atoms with van der Waals surface area (Å²) in [5, 5.41) is 0. The Kier molecular flexibility index (Phi) is 4.38. The molecule has 0 N–H and O–H groups in total. The number of fused-ring (bicyclic) bond motifs is 2. The van der Waals surface area contributed by atoms with Crippen LogP contribution < -0.4 is 9.64 Å². The maximum atomic E-state index is 12.8. The van der Waals surface area contributed by atoms with Gasteiger partial charge < -0.3 is 14.4 Å². The molecule has 140 valence electrons. The van der Waals surface area contributed by atoms with Crippen LogP contribution in [0, 0.1) is 0 Å². The van der Waals surface area contributed by atoms with E-state index in [1.54, 1.807) is 17.9 Å². The van der Waals surface area contributed by atoms with E-state index in [1.807, 2.05) is 43.3 Å². The van der Waals surface area contributed by atoms with Crippen molar-refractivity contribution in [3.63, 3.8) is 0 Å². The molecule has 5 nitrogen and oxygen atoms in total. The van der Waals surface area contributed by atoms with Gasteiger partial charge in [0.05, 0.1) is 0 Å². The molecule has 0 saturated carbocycles. The summed E-state index contributed by atoms with van der Waals surface area (Å²) < 4.78 is 11.4. The highest BCUT2D eigenvalue weighted by Gasteiger charge is 2.34. The second-order valence-electron chi connectivity index (χ2n) is 7.25. The molecule has 0 bridgehead atoms. The maximum Gasteiger partial charge on any atom is 0.342 e. The third kappa shape index (κ3) is 2.97. The molecule has 0 saturated heterocycles. The number of hydrogen-bond donors (Lipinski definition) is 0. The van der Waals surface area contributed by atoms with E-state index in [1.165, 1.54) is 0 Å². The number of anilines is 1. The number of hydrogen-bond acceptors (Lipinski definition) is 4. The lowest BCUT2D eigenvalue weighted by molar-refractivity contribution is -0.126. The molecule has 2 heterocycles. The molecule has 2 aliphatic rings. The van der Waals surface area contributed by atoms with Crippen LogP contribution in [0.3, 0.4) is 0 Å². The molecule has 1 amide bonds. The molecule has 2 aromatic carbocycles. The van der Waals surface area contributed by atoms with Crippen molar-refractivity contribution in [2.45, 2.75) is 45.3 Å². The van der Waals surface area contributed by atoms with Crippen molar-refractivity contribution in [3.05, 3.63) is 59.2 Å². The van der Waals surface area contributed by atoms with Gasteiger partial charge in [0, 0.05) is 23.7 Å². The van der Waals surface area contributed by atoms with Gasteiger partial charge >= 0.3 is 5.97 Å². The van der Waals surface area contributed by atoms with E-state index in [9.17, 15) is 9.59 Å². The summed E-state index contributed by atoms with van der Waals surface area (Å²) in [5.74, 6) is 0.0617. The second kappa shape index (κ2) is 6.72. The number of benzene rings is 2. The normalized spacial score (nSPS) is 21.2. The molecule has 0 radical (unpaired) electrons. The Morgan fingerprint density at radius 3 is 2.74 bits per heavy atom. The summed E-state index contributed by atoms with van der Waals surface area (Å²) in [6, 6.07) is 13.3. The molecule has 0 spiro atoms. The highest BCUT2D eigenvalue weighted by Crippen LogP contribution is 2.40. The monoisotopic (exact) mass is 365 g/mol. The van der Waals surface area contributed by atoms with Gasteiger partial charge in [-0.05, 0) is 38.0 Å². The Bertz CT molecular complexity index is 907. The van der Waals surface area contributed by atoms with Gasteiger partial charge in [0.15, 0.2) is 6.10 Å². The SMILES string of the molecule is C[C@H](OC(=O)c1cccc2c1O[C@H](C)[C@H]2C)C(=O)N1CCc2ccccc21. The van der Waals surface area contributed by atoms with Crippen LogP contribution in [0.5, 0.6) is 5.75 Å². The second-order valence-corrected chi connectivity index (χ2v) is 7.25. The molecule has 2 aromatic rings. The zero-order chi connectivity index (χ0) is 19.1. The Balaban J connectivity index is 1.51. The molecule has 0 aromatic heterocycles. The summed E-state index contributed by atoms with van der Waals surface area (Å²) in [5.41, 5.74) is 3.42. The van der Waals surface area contributed by atoms with Crippen LogP contribution in [0.1, 0.15) is 48.2 Å². The topological polar surface area (TPSA) is 55.8 Å². The summed E-state index contributed by atoms with van der Waals surface area (Å²) in [6.45, 7) is 6.29. The largest absolute Gasteiger partial charge is 0.489 e. The zero-order valence-electron chi connectivity index (χ0n) is 15.8. The molecule has 4 rings (SSSR count). The fourth-order valence-electron chi connectivity index (χ4n) is 3.81. The van der Waals surface area contributed by atoms with Crippen molar-refractivity contribution < 1.29 is 19.1 Å². The van der Waals surface area contributed by atoms with Gasteiger partial charge in [-0.25, -0.2) is 4.79 Å². The maximum absolute atomic E-state index is 12.8. The van der Waals surface area contributed by atoms with Crippen LogP contribution in [0.2, 0.25) is 0 Å². The first-order valence-corrected chi connectivity index (χ1v) is 9.37. The van der Waals surface area contributed by atoms with Crippen molar-refractivity contribution in [2.75, 3.05) is 11.4 Å². The number of carbonyl (C=O) groups excluding carboxylic acids is 2. The lowest BCUT2D eigenvalue weighted by Gasteiger charge is -2.22. The van der Waals surface area contributed by atoms with Gasteiger partial charge in [0.2, 0.25) is 0 Å². The lowest BCUT2D eigenvalue weighted by Crippen LogP contribution is -2.39. The molecule has 5 heteroatoms. The van der Waals surface area contributed by atoms with E-state index in [-0.39, 0.29) is 17.9 Å². The Hall–Kier alpha value is -2.82. The number of esters is 1. The van der Waals surface area contributed by atoms with Gasteiger partial charge in [-0.15, -0.1) is 0 Å². The van der Waals surface area contributed by atoms with E-state index in [0.29, 0.717) is 17.9 Å². The summed E-state index contributed by atoms with van der Waals surface area (Å²) in [6.07, 6.45) is -0.0388. The van der Waals surface area contributed by atoms with Crippen LogP contribution in [0.25, 0.3) is 0 Å². The molecular weight excluding hydrogens is 342 g/mol. The van der Waals surface area contributed by atoms with Crippen LogP contribution in [0.15, 0.2) is 42.5 Å². The smallest absolute Gasteiger partial charge is 0.342 e. The van der Waals surface area contributed by atoms with Gasteiger partial charge in [0.25, 0.3) is 5.91 Å². The minimum Gasteiger partial charge on any atom is -0.489 e. The van der Waals surface area contributed by atoms with Crippen LogP contribution in [-0.4, -0.2) is 30.6 Å². The van der Waals surface area contributed by atoms with E-state index < -0.39 is 12.1 Å². The Labute approximate surface area is 158 Å². The molecular formula is C22H23NO4. The van der Waals surface area contributed by atoms with Crippen molar-refractivity contribution >= 4 is 17.6 Å². The lowest BCUT2D eigenvalue weighted by atomic mass is 9.97. The van der Waals surface area contributed by atoms with Crippen LogP contribution >= 0.6 is 0 Å². The van der Waals surface area contributed by atoms with Gasteiger partial charge in [-0.1, -0.05) is 37.3 Å². The summed E-state index contributed by atoms with van der Waals surface area (Å²) in [7, 11) is 0. The number of nitrogens with zero attached hydrogens (tertiary/aromatic N) is 1. The Morgan fingerprint density at radius 1 is 1.15 bits per heavy atom. The van der Waals surface area contributed by atoms with Crippen molar-refractivity contribution in [3.8, 4) is 5.75 Å². The Morgan fingerprint density at radius 2 is 1.93 bits per heavy atom. The van der Waals surface area contributed by atoms with Crippen LogP contribution in [0.4, 0.5) is 5.69 Å². The molecule has 0 unspecified atom stereocenters. The average molecular weight is 365 g/mol. The van der Waals surface area contributed by atoms with Gasteiger partial charge in [-0.2, -0.15) is 0 Å². The first-order valence-electron chi connectivity index (χ1n) is 9.37. The molecule has 0 fully saturated rings. The minimum absolute atomic E-state index is 0.00843. The van der Waals surface area contributed by atoms with E-state index in [4.69, 9.17) is 9.47 Å². The zero-order valence-corrected chi connectivity index (χ0v) is 15.8. The number of carbonyl (C=O) groups is 2. The number of ether oxygens (including phenoxy) is 2. The fourth-order valence-corrected chi connectivity index (χ4v) is 3.81. The highest BCUT2D eigenvalue weighted by atomic mass is 16.6. The van der Waals surface area contributed by atoms with Gasteiger partial charge in [0.1, 0.15) is 17.4 Å². The number of rotatable bonds is 3. The molecule has 0 aliphatic carbocycles. The van der Waals surface area contributed by atoms with Crippen molar-refractivity contribution in [1.29, 1.82) is 0 Å². The summed E-state index contributed by atoms with van der Waals surface area (Å²) in [4.78, 5) is 27.2. The predicted octanol–water partition coefficient (Wildman–Crippen LogP) is 3.71. The quantitative estimate of drug-likeness (QED) is 0.778. The average Bonchev–Trinajstić information content (AvgIpc) is 3.22. The van der Waals surface area contributed by atoms with Crippen LogP contribution in [-0.2, 0) is 16.0 Å². The van der Waals surface area contributed by atoms with E-state index in [0.717, 1.165) is 23.2 Å². The molecule has 3 atom stereocenters. The van der Waals surface area contributed by atoms with Gasteiger partial charge in [-0.3, -0.25) is 4.79 Å². The standard InChI is InChI=1S/C22H23NO4/c1-13-14(2)26-20-17(13)8-6-9-18(20)22(25)27-15(3)21(24)23-12-11-16-7-4-5-10-19(16)23/h4-10,13-15H,11-12H2,1-3H3/t13-,14-,15+/m1/s1. The molecule has 2 aliphatic heterocycles. The third-order valence-corrected chi connectivity index (χ3v) is 5.55. The van der Waals surface area contributed by atoms with E-state index in [2.05, 4.69) is 6.92 Å². The highest BCUT2D eigenvalue weighted by molar-refractivity contribution is 6.01. The van der Waals surface area contributed by atoms with Crippen molar-refractivity contribution in [2.24, 2.45) is 0 Å². The fraction of sp³-hybridized carbons (Fsp3) is 0.364. The van der Waals surface area contributed by atoms with E-state index >= 15 is 0 Å². The first-order chi connectivity index (χ1) is 13.0. The third-order valence-electron chi connectivity index (χ3n) is 5.55. The van der Waals surface area contributed by atoms with Crippen molar-refractivity contribution in [1.82, 2.24) is 0 Å². The number of para-hydroxylation sites is 2. The number of amides is 1. The molecule has 27 heavy (non-hydrogen) atoms. The minimum atomic E-state index is -0.865. The first kappa shape index (κ1) is 17.6. The summed E-state index contributed by atoms with van der Waals surface area (Å²) >= 11 is 0. The predicted molar refractivity (Wildman–Crippen MR) is 102 cm³/mol.